The molecule has 0 aromatic heterocycles. The van der Waals surface area contributed by atoms with Gasteiger partial charge in [0, 0.05) is 19.3 Å². The number of likely N-dealkylation sites (N-methyl/N-ethyl adjacent to an activating group) is 1. The number of nitrogens with zero attached hydrogens (tertiary/aromatic N) is 1. The Hall–Kier alpha value is -1.93. The molecular formula is C36H67NO7. The van der Waals surface area contributed by atoms with Crippen molar-refractivity contribution in [3.63, 3.8) is 0 Å². The van der Waals surface area contributed by atoms with Gasteiger partial charge in [-0.05, 0) is 32.1 Å². The molecule has 0 saturated carbocycles. The molecule has 0 amide bonds. The van der Waals surface area contributed by atoms with Crippen LogP contribution in [-0.2, 0) is 28.6 Å². The SMILES string of the molecule is CCCC/C=C/CCCCCCCC(=O)OC(COCCC(C(=O)[O-])[N+](C)(C)C)COC(=O)CCCCCCCCCCC. The molecule has 8 heteroatoms. The summed E-state index contributed by atoms with van der Waals surface area (Å²) in [5.74, 6) is -1.75. The first-order chi connectivity index (χ1) is 21.1. The van der Waals surface area contributed by atoms with Crippen molar-refractivity contribution in [2.24, 2.45) is 0 Å². The minimum Gasteiger partial charge on any atom is -0.544 e. The second kappa shape index (κ2) is 28.5. The molecule has 0 fully saturated rings. The molecule has 0 saturated heterocycles. The van der Waals surface area contributed by atoms with Gasteiger partial charge in [0.25, 0.3) is 0 Å². The average Bonchev–Trinajstić information content (AvgIpc) is 2.96. The molecule has 0 aliphatic rings. The second-order valence-corrected chi connectivity index (χ2v) is 13.1. The summed E-state index contributed by atoms with van der Waals surface area (Å²) >= 11 is 0. The number of rotatable bonds is 31. The molecule has 0 N–H and O–H groups in total. The van der Waals surface area contributed by atoms with Gasteiger partial charge in [-0.15, -0.1) is 0 Å². The Morgan fingerprint density at radius 2 is 1.16 bits per heavy atom. The smallest absolute Gasteiger partial charge is 0.306 e. The van der Waals surface area contributed by atoms with Gasteiger partial charge in [0.2, 0.25) is 0 Å². The zero-order valence-electron chi connectivity index (χ0n) is 29.1. The van der Waals surface area contributed by atoms with E-state index in [0.29, 0.717) is 12.8 Å². The fourth-order valence-electron chi connectivity index (χ4n) is 5.05. The zero-order valence-corrected chi connectivity index (χ0v) is 29.1. The molecule has 2 unspecified atom stereocenters. The monoisotopic (exact) mass is 625 g/mol. The third-order valence-electron chi connectivity index (χ3n) is 7.90. The topological polar surface area (TPSA) is 102 Å². The Labute approximate surface area is 269 Å². The summed E-state index contributed by atoms with van der Waals surface area (Å²) < 4.78 is 17.0. The number of unbranched alkanes of at least 4 members (excludes halogenated alkanes) is 15. The van der Waals surface area contributed by atoms with E-state index in [-0.39, 0.29) is 42.7 Å². The lowest BCUT2D eigenvalue weighted by molar-refractivity contribution is -0.889. The summed E-state index contributed by atoms with van der Waals surface area (Å²) in [5, 5.41) is 11.5. The summed E-state index contributed by atoms with van der Waals surface area (Å²) in [6.07, 6.45) is 25.2. The van der Waals surface area contributed by atoms with Crippen molar-refractivity contribution in [1.82, 2.24) is 0 Å². The lowest BCUT2D eigenvalue weighted by atomic mass is 10.1. The number of aliphatic carboxylic acids is 1. The Kier molecular flexibility index (Phi) is 27.3. The maximum atomic E-state index is 12.6. The van der Waals surface area contributed by atoms with Gasteiger partial charge < -0.3 is 28.6 Å². The highest BCUT2D eigenvalue weighted by molar-refractivity contribution is 5.70. The summed E-state index contributed by atoms with van der Waals surface area (Å²) in [6, 6.07) is -0.720. The van der Waals surface area contributed by atoms with Crippen molar-refractivity contribution in [3.8, 4) is 0 Å². The molecule has 0 heterocycles. The highest BCUT2D eigenvalue weighted by Crippen LogP contribution is 2.13. The highest BCUT2D eigenvalue weighted by Gasteiger charge is 2.25. The van der Waals surface area contributed by atoms with Gasteiger partial charge in [-0.3, -0.25) is 9.59 Å². The van der Waals surface area contributed by atoms with Crippen LogP contribution in [0.15, 0.2) is 12.2 Å². The number of esters is 2. The largest absolute Gasteiger partial charge is 0.544 e. The van der Waals surface area contributed by atoms with E-state index in [9.17, 15) is 19.5 Å². The van der Waals surface area contributed by atoms with Crippen LogP contribution in [0.25, 0.3) is 0 Å². The molecule has 44 heavy (non-hydrogen) atoms. The number of hydrogen-bond acceptors (Lipinski definition) is 7. The van der Waals surface area contributed by atoms with E-state index >= 15 is 0 Å². The molecule has 0 spiro atoms. The summed E-state index contributed by atoms with van der Waals surface area (Å²) in [4.78, 5) is 36.4. The minimum atomic E-state index is -1.13. The van der Waals surface area contributed by atoms with Crippen molar-refractivity contribution >= 4 is 17.9 Å². The summed E-state index contributed by atoms with van der Waals surface area (Å²) in [7, 11) is 5.39. The number of carboxylic acid groups (broad SMARTS) is 1. The number of carbonyl (C=O) groups is 3. The van der Waals surface area contributed by atoms with E-state index in [1.807, 2.05) is 0 Å². The lowest BCUT2D eigenvalue weighted by Crippen LogP contribution is -2.55. The van der Waals surface area contributed by atoms with Gasteiger partial charge in [-0.1, -0.05) is 109 Å². The Morgan fingerprint density at radius 1 is 0.659 bits per heavy atom. The standard InChI is InChI=1S/C36H67NO7/c1-6-8-10-12-14-16-17-19-21-23-25-27-35(39)44-32(30-42-29-28-33(36(40)41)37(3,4)5)31-43-34(38)26-24-22-20-18-15-13-11-9-7-2/h12,14,32-33H,6-11,13,15-31H2,1-5H3/b14-12+. The van der Waals surface area contributed by atoms with E-state index in [2.05, 4.69) is 26.0 Å². The van der Waals surface area contributed by atoms with Crippen LogP contribution >= 0.6 is 0 Å². The van der Waals surface area contributed by atoms with Crippen LogP contribution in [-0.4, -0.2) is 75.5 Å². The van der Waals surface area contributed by atoms with Crippen molar-refractivity contribution in [3.05, 3.63) is 12.2 Å². The molecule has 8 nitrogen and oxygen atoms in total. The van der Waals surface area contributed by atoms with Crippen molar-refractivity contribution in [1.29, 1.82) is 0 Å². The average molecular weight is 626 g/mol. The predicted octanol–water partition coefficient (Wildman–Crippen LogP) is 7.07. The van der Waals surface area contributed by atoms with Gasteiger partial charge in [-0.2, -0.15) is 0 Å². The first-order valence-electron chi connectivity index (χ1n) is 17.7. The molecule has 0 aromatic carbocycles. The van der Waals surface area contributed by atoms with Crippen LogP contribution in [0.4, 0.5) is 0 Å². The van der Waals surface area contributed by atoms with Crippen LogP contribution in [0.3, 0.4) is 0 Å². The second-order valence-electron chi connectivity index (χ2n) is 13.1. The predicted molar refractivity (Wildman–Crippen MR) is 176 cm³/mol. The van der Waals surface area contributed by atoms with Crippen LogP contribution in [0.1, 0.15) is 149 Å². The Balaban J connectivity index is 4.48. The molecular weight excluding hydrogens is 558 g/mol. The third-order valence-corrected chi connectivity index (χ3v) is 7.90. The molecule has 0 radical (unpaired) electrons. The highest BCUT2D eigenvalue weighted by atomic mass is 16.6. The number of carbonyl (C=O) groups excluding carboxylic acids is 3. The molecule has 0 aliphatic carbocycles. The summed E-state index contributed by atoms with van der Waals surface area (Å²) in [6.45, 7) is 4.57. The van der Waals surface area contributed by atoms with Gasteiger partial charge >= 0.3 is 11.9 Å². The number of quaternary nitrogens is 1. The van der Waals surface area contributed by atoms with Crippen molar-refractivity contribution in [2.75, 3.05) is 41.0 Å². The Bertz CT molecular complexity index is 747. The maximum Gasteiger partial charge on any atom is 0.306 e. The fraction of sp³-hybridized carbons (Fsp3) is 0.861. The quantitative estimate of drug-likeness (QED) is 0.0351. The number of hydrogen-bond donors (Lipinski definition) is 0. The number of ether oxygens (including phenoxy) is 3. The van der Waals surface area contributed by atoms with E-state index in [4.69, 9.17) is 14.2 Å². The number of carboxylic acids is 1. The van der Waals surface area contributed by atoms with Crippen LogP contribution in [0, 0.1) is 0 Å². The Morgan fingerprint density at radius 3 is 1.70 bits per heavy atom. The first-order valence-corrected chi connectivity index (χ1v) is 17.7. The van der Waals surface area contributed by atoms with Crippen molar-refractivity contribution < 1.29 is 38.2 Å². The third kappa shape index (κ3) is 26.5. The van der Waals surface area contributed by atoms with E-state index < -0.39 is 18.1 Å². The summed E-state index contributed by atoms with van der Waals surface area (Å²) in [5.41, 5.74) is 0. The van der Waals surface area contributed by atoms with Crippen LogP contribution in [0.2, 0.25) is 0 Å². The number of allylic oxidation sites excluding steroid dienone is 2. The van der Waals surface area contributed by atoms with Gasteiger partial charge in [0.1, 0.15) is 12.6 Å². The van der Waals surface area contributed by atoms with E-state index in [1.54, 1.807) is 21.1 Å². The zero-order chi connectivity index (χ0) is 32.9. The van der Waals surface area contributed by atoms with Gasteiger partial charge in [0.05, 0.1) is 40.3 Å². The van der Waals surface area contributed by atoms with Crippen LogP contribution in [0.5, 0.6) is 0 Å². The molecule has 2 atom stereocenters. The van der Waals surface area contributed by atoms with Gasteiger partial charge in [0.15, 0.2) is 6.10 Å². The molecule has 0 aliphatic heterocycles. The first kappa shape index (κ1) is 42.1. The molecule has 0 rings (SSSR count). The van der Waals surface area contributed by atoms with Crippen LogP contribution < -0.4 is 5.11 Å². The van der Waals surface area contributed by atoms with E-state index in [1.165, 1.54) is 64.2 Å². The normalized spacial score (nSPS) is 13.2. The molecule has 258 valence electrons. The molecule has 0 aromatic rings. The minimum absolute atomic E-state index is 0.0414. The lowest BCUT2D eigenvalue weighted by Gasteiger charge is -2.34. The van der Waals surface area contributed by atoms with Gasteiger partial charge in [-0.25, -0.2) is 0 Å². The molecule has 0 bridgehead atoms. The fourth-order valence-corrected chi connectivity index (χ4v) is 5.05. The maximum absolute atomic E-state index is 12.6. The van der Waals surface area contributed by atoms with Crippen molar-refractivity contribution in [2.45, 2.75) is 161 Å². The van der Waals surface area contributed by atoms with E-state index in [0.717, 1.165) is 51.4 Å².